The first-order chi connectivity index (χ1) is 12.9. The van der Waals surface area contributed by atoms with Crippen molar-refractivity contribution in [1.82, 2.24) is 0 Å². The lowest BCUT2D eigenvalue weighted by atomic mass is 9.64. The van der Waals surface area contributed by atoms with E-state index in [1.54, 1.807) is 7.11 Å². The second kappa shape index (κ2) is 6.19. The van der Waals surface area contributed by atoms with Crippen LogP contribution < -0.4 is 14.4 Å². The van der Waals surface area contributed by atoms with Crippen LogP contribution in [0.4, 0.5) is 5.69 Å². The molecule has 2 aromatic rings. The number of carbonyl (C=O) groups is 1. The van der Waals surface area contributed by atoms with Gasteiger partial charge in [0, 0.05) is 24.1 Å². The van der Waals surface area contributed by atoms with E-state index in [-0.39, 0.29) is 23.3 Å². The highest BCUT2D eigenvalue weighted by atomic mass is 16.5. The predicted molar refractivity (Wildman–Crippen MR) is 104 cm³/mol. The molecule has 0 saturated carbocycles. The van der Waals surface area contributed by atoms with Gasteiger partial charge in [-0.05, 0) is 35.9 Å². The molecule has 0 unspecified atom stereocenters. The highest BCUT2D eigenvalue weighted by Gasteiger charge is 2.49. The van der Waals surface area contributed by atoms with E-state index in [2.05, 4.69) is 25.8 Å². The minimum Gasteiger partial charge on any atom is -0.496 e. The molecule has 0 N–H and O–H groups in total. The summed E-state index contributed by atoms with van der Waals surface area (Å²) in [6.07, 6.45) is 0. The molecule has 2 aliphatic heterocycles. The fourth-order valence-corrected chi connectivity index (χ4v) is 4.61. The summed E-state index contributed by atoms with van der Waals surface area (Å²) in [6, 6.07) is 11.9. The lowest BCUT2D eigenvalue weighted by Gasteiger charge is -2.52. The zero-order chi connectivity index (χ0) is 19.3. The number of carbonyl (C=O) groups excluding carboxylic acids is 1. The molecule has 0 fully saturated rings. The zero-order valence-electron chi connectivity index (χ0n) is 16.4. The van der Waals surface area contributed by atoms with Gasteiger partial charge in [0.2, 0.25) is 0 Å². The van der Waals surface area contributed by atoms with Gasteiger partial charge in [0.15, 0.2) is 0 Å². The van der Waals surface area contributed by atoms with Crippen molar-refractivity contribution in [2.75, 3.05) is 32.8 Å². The third kappa shape index (κ3) is 2.48. The number of anilines is 1. The minimum absolute atomic E-state index is 0.136. The van der Waals surface area contributed by atoms with Crippen molar-refractivity contribution >= 4 is 11.7 Å². The summed E-state index contributed by atoms with van der Waals surface area (Å²) in [6.45, 7) is 5.06. The van der Waals surface area contributed by atoms with Crippen LogP contribution in [0.25, 0.3) is 0 Å². The molecule has 142 valence electrons. The first-order valence-corrected chi connectivity index (χ1v) is 9.15. The molecule has 4 rings (SSSR count). The third-order valence-corrected chi connectivity index (χ3v) is 6.18. The lowest BCUT2D eigenvalue weighted by molar-refractivity contribution is 0.0600. The highest BCUT2D eigenvalue weighted by Crippen LogP contribution is 2.56. The molecule has 2 aliphatic rings. The van der Waals surface area contributed by atoms with Crippen LogP contribution in [0.15, 0.2) is 36.4 Å². The molecule has 2 atom stereocenters. The number of methoxy groups -OCH3 is 2. The number of benzene rings is 2. The summed E-state index contributed by atoms with van der Waals surface area (Å²) < 4.78 is 16.7. The average molecular weight is 367 g/mol. The van der Waals surface area contributed by atoms with Crippen molar-refractivity contribution in [3.05, 3.63) is 53.1 Å². The molecule has 0 amide bonds. The Kier molecular flexibility index (Phi) is 4.06. The van der Waals surface area contributed by atoms with Gasteiger partial charge in [-0.1, -0.05) is 19.9 Å². The largest absolute Gasteiger partial charge is 0.496 e. The summed E-state index contributed by atoms with van der Waals surface area (Å²) >= 11 is 0. The van der Waals surface area contributed by atoms with Gasteiger partial charge in [0.05, 0.1) is 38.0 Å². The summed E-state index contributed by atoms with van der Waals surface area (Å²) in [4.78, 5) is 14.3. The maximum Gasteiger partial charge on any atom is 0.337 e. The van der Waals surface area contributed by atoms with Gasteiger partial charge in [-0.3, -0.25) is 0 Å². The Labute approximate surface area is 159 Å². The van der Waals surface area contributed by atoms with Crippen molar-refractivity contribution < 1.29 is 19.0 Å². The van der Waals surface area contributed by atoms with Gasteiger partial charge >= 0.3 is 5.97 Å². The van der Waals surface area contributed by atoms with Crippen LogP contribution in [-0.4, -0.2) is 33.8 Å². The molecular weight excluding hydrogens is 342 g/mol. The Morgan fingerprint density at radius 2 is 2.00 bits per heavy atom. The van der Waals surface area contributed by atoms with Gasteiger partial charge in [0.1, 0.15) is 11.5 Å². The van der Waals surface area contributed by atoms with E-state index >= 15 is 0 Å². The zero-order valence-corrected chi connectivity index (χ0v) is 16.4. The fourth-order valence-electron chi connectivity index (χ4n) is 4.61. The quantitative estimate of drug-likeness (QED) is 0.752. The van der Waals surface area contributed by atoms with Gasteiger partial charge in [-0.25, -0.2) is 4.79 Å². The monoisotopic (exact) mass is 367 g/mol. The van der Waals surface area contributed by atoms with Crippen LogP contribution in [0, 0.1) is 5.92 Å². The molecule has 2 heterocycles. The van der Waals surface area contributed by atoms with Gasteiger partial charge in [-0.15, -0.1) is 0 Å². The van der Waals surface area contributed by atoms with Crippen LogP contribution in [0.1, 0.15) is 41.4 Å². The van der Waals surface area contributed by atoms with Gasteiger partial charge < -0.3 is 19.1 Å². The molecule has 0 bridgehead atoms. The number of hydrogen-bond donors (Lipinski definition) is 0. The molecule has 0 saturated heterocycles. The minimum atomic E-state index is -0.315. The highest BCUT2D eigenvalue weighted by molar-refractivity contribution is 5.90. The Bertz CT molecular complexity index is 891. The molecule has 0 aromatic heterocycles. The Morgan fingerprint density at radius 1 is 1.22 bits per heavy atom. The molecule has 5 nitrogen and oxygen atoms in total. The van der Waals surface area contributed by atoms with Crippen LogP contribution >= 0.6 is 0 Å². The fraction of sp³-hybridized carbons (Fsp3) is 0.409. The van der Waals surface area contributed by atoms with Crippen molar-refractivity contribution in [2.24, 2.45) is 5.92 Å². The van der Waals surface area contributed by atoms with E-state index in [0.717, 1.165) is 28.3 Å². The number of hydrogen-bond acceptors (Lipinski definition) is 5. The van der Waals surface area contributed by atoms with Gasteiger partial charge in [0.25, 0.3) is 0 Å². The van der Waals surface area contributed by atoms with Crippen molar-refractivity contribution in [3.8, 4) is 11.5 Å². The molecule has 0 radical (unpaired) electrons. The maximum atomic E-state index is 12.0. The molecule has 2 aromatic carbocycles. The van der Waals surface area contributed by atoms with E-state index in [1.807, 2.05) is 36.4 Å². The summed E-state index contributed by atoms with van der Waals surface area (Å²) in [5.74, 6) is 1.63. The van der Waals surface area contributed by atoms with Crippen molar-refractivity contribution in [3.63, 3.8) is 0 Å². The maximum absolute atomic E-state index is 12.0. The van der Waals surface area contributed by atoms with E-state index in [0.29, 0.717) is 12.2 Å². The topological polar surface area (TPSA) is 48.0 Å². The number of ether oxygens (including phenoxy) is 3. The molecule has 0 spiro atoms. The van der Waals surface area contributed by atoms with E-state index in [4.69, 9.17) is 14.2 Å². The Morgan fingerprint density at radius 3 is 2.70 bits per heavy atom. The van der Waals surface area contributed by atoms with E-state index < -0.39 is 0 Å². The summed E-state index contributed by atoms with van der Waals surface area (Å²) in [5.41, 5.74) is 3.74. The van der Waals surface area contributed by atoms with Crippen LogP contribution in [-0.2, 0) is 10.2 Å². The smallest absolute Gasteiger partial charge is 0.337 e. The molecular formula is C22H25NO4. The predicted octanol–water partition coefficient (Wildman–Crippen LogP) is 3.96. The van der Waals surface area contributed by atoms with Gasteiger partial charge in [-0.2, -0.15) is 0 Å². The number of nitrogens with zero attached hydrogens (tertiary/aromatic N) is 1. The van der Waals surface area contributed by atoms with E-state index in [9.17, 15) is 4.79 Å². The second-order valence-electron chi connectivity index (χ2n) is 7.79. The van der Waals surface area contributed by atoms with Crippen LogP contribution in [0.5, 0.6) is 11.5 Å². The summed E-state index contributed by atoms with van der Waals surface area (Å²) in [5, 5.41) is 0. The molecule has 27 heavy (non-hydrogen) atoms. The summed E-state index contributed by atoms with van der Waals surface area (Å²) in [7, 11) is 5.21. The van der Waals surface area contributed by atoms with Crippen molar-refractivity contribution in [1.29, 1.82) is 0 Å². The second-order valence-corrected chi connectivity index (χ2v) is 7.79. The van der Waals surface area contributed by atoms with E-state index in [1.165, 1.54) is 7.11 Å². The normalized spacial score (nSPS) is 22.0. The Balaban J connectivity index is 1.90. The first kappa shape index (κ1) is 17.7. The number of esters is 1. The number of rotatable bonds is 2. The molecule has 0 aliphatic carbocycles. The number of fused-ring (bicyclic) bond motifs is 4. The average Bonchev–Trinajstić information content (AvgIpc) is 2.70. The lowest BCUT2D eigenvalue weighted by Crippen LogP contribution is -2.50. The first-order valence-electron chi connectivity index (χ1n) is 9.15. The third-order valence-electron chi connectivity index (χ3n) is 6.18. The standard InChI is InChI=1S/C22H25NO4/c1-22(2)14-11-13(21(24)26-5)9-10-16(14)23(3)20-15(22)12-27-18-8-6-7-17(25-4)19(18)20/h6-11,15,20H,12H2,1-5H3/t15-,20-/m0/s1. The van der Waals surface area contributed by atoms with Crippen molar-refractivity contribution in [2.45, 2.75) is 25.3 Å². The van der Waals surface area contributed by atoms with Crippen LogP contribution in [0.2, 0.25) is 0 Å². The molecule has 5 heteroatoms. The Hall–Kier alpha value is -2.69. The SMILES string of the molecule is COC(=O)c1ccc2c(c1)C(C)(C)[C@H]1COc3cccc(OC)c3[C@H]1N2C. The van der Waals surface area contributed by atoms with Crippen LogP contribution in [0.3, 0.4) is 0 Å².